The molecule has 1 aliphatic rings. The molecule has 33 heavy (non-hydrogen) atoms. The average Bonchev–Trinajstić information content (AvgIpc) is 2.83. The van der Waals surface area contributed by atoms with Crippen molar-refractivity contribution < 1.29 is 27.1 Å². The van der Waals surface area contributed by atoms with Gasteiger partial charge in [0.25, 0.3) is 10.0 Å². The molecule has 4 rings (SSSR count). The number of benzene rings is 3. The number of carbonyl (C=O) groups is 1. The van der Waals surface area contributed by atoms with E-state index in [0.29, 0.717) is 30.4 Å². The summed E-state index contributed by atoms with van der Waals surface area (Å²) in [6.07, 6.45) is 0.861. The van der Waals surface area contributed by atoms with E-state index in [0.717, 1.165) is 28.4 Å². The highest BCUT2D eigenvalue weighted by Gasteiger charge is 2.29. The van der Waals surface area contributed by atoms with Gasteiger partial charge in [0, 0.05) is 11.8 Å². The van der Waals surface area contributed by atoms with Gasteiger partial charge >= 0.3 is 0 Å². The second kappa shape index (κ2) is 9.50. The number of aryl methyl sites for hydroxylation is 1. The predicted octanol–water partition coefficient (Wildman–Crippen LogP) is 3.99. The third-order valence-corrected chi connectivity index (χ3v) is 6.92. The summed E-state index contributed by atoms with van der Waals surface area (Å²) < 4.78 is 52.5. The molecule has 1 amide bonds. The fraction of sp³-hybridized carbons (Fsp3) is 0.208. The van der Waals surface area contributed by atoms with Crippen LogP contribution in [0, 0.1) is 5.82 Å². The maximum Gasteiger partial charge on any atom is 0.264 e. The number of hydrogen-bond donors (Lipinski definition) is 1. The van der Waals surface area contributed by atoms with Crippen molar-refractivity contribution in [2.75, 3.05) is 29.4 Å². The smallest absolute Gasteiger partial charge is 0.264 e. The molecule has 9 heteroatoms. The van der Waals surface area contributed by atoms with Crippen LogP contribution in [-0.4, -0.2) is 34.1 Å². The van der Waals surface area contributed by atoms with Gasteiger partial charge in [0.15, 0.2) is 11.5 Å². The maximum atomic E-state index is 13.5. The topological polar surface area (TPSA) is 84.9 Å². The van der Waals surface area contributed by atoms with Crippen molar-refractivity contribution in [3.05, 3.63) is 78.1 Å². The van der Waals surface area contributed by atoms with E-state index >= 15 is 0 Å². The minimum Gasteiger partial charge on any atom is -0.486 e. The van der Waals surface area contributed by atoms with Gasteiger partial charge in [0.1, 0.15) is 25.6 Å². The maximum absolute atomic E-state index is 13.5. The van der Waals surface area contributed by atoms with Gasteiger partial charge < -0.3 is 14.8 Å². The lowest BCUT2D eigenvalue weighted by molar-refractivity contribution is -0.114. The SMILES string of the molecule is CCc1ccc(NC(=O)CN(c2ccc(F)cc2)S(=O)(=O)c2ccc3c(c2)OCCO3)cc1. The lowest BCUT2D eigenvalue weighted by atomic mass is 10.1. The highest BCUT2D eigenvalue weighted by atomic mass is 32.2. The molecule has 1 heterocycles. The Balaban J connectivity index is 1.64. The lowest BCUT2D eigenvalue weighted by Crippen LogP contribution is -2.38. The zero-order valence-electron chi connectivity index (χ0n) is 18.0. The van der Waals surface area contributed by atoms with Gasteiger partial charge in [-0.05, 0) is 60.5 Å². The lowest BCUT2D eigenvalue weighted by Gasteiger charge is -2.25. The first kappa shape index (κ1) is 22.6. The van der Waals surface area contributed by atoms with E-state index in [1.807, 2.05) is 19.1 Å². The molecule has 0 fully saturated rings. The van der Waals surface area contributed by atoms with Crippen molar-refractivity contribution in [2.45, 2.75) is 18.2 Å². The summed E-state index contributed by atoms with van der Waals surface area (Å²) in [7, 11) is -4.18. The van der Waals surface area contributed by atoms with Crippen LogP contribution in [0.2, 0.25) is 0 Å². The Labute approximate surface area is 191 Å². The van der Waals surface area contributed by atoms with E-state index in [9.17, 15) is 17.6 Å². The molecule has 3 aromatic carbocycles. The zero-order valence-corrected chi connectivity index (χ0v) is 18.8. The molecule has 0 bridgehead atoms. The van der Waals surface area contributed by atoms with Crippen LogP contribution in [0.15, 0.2) is 71.6 Å². The molecule has 0 radical (unpaired) electrons. The number of hydrogen-bond acceptors (Lipinski definition) is 5. The van der Waals surface area contributed by atoms with Crippen LogP contribution in [0.25, 0.3) is 0 Å². The van der Waals surface area contributed by atoms with Crippen LogP contribution in [-0.2, 0) is 21.2 Å². The number of ether oxygens (including phenoxy) is 2. The van der Waals surface area contributed by atoms with Gasteiger partial charge in [-0.25, -0.2) is 12.8 Å². The number of amides is 1. The van der Waals surface area contributed by atoms with Crippen molar-refractivity contribution in [2.24, 2.45) is 0 Å². The quantitative estimate of drug-likeness (QED) is 0.564. The third kappa shape index (κ3) is 5.09. The van der Waals surface area contributed by atoms with Crippen molar-refractivity contribution in [1.82, 2.24) is 0 Å². The molecule has 0 aliphatic carbocycles. The second-order valence-electron chi connectivity index (χ2n) is 7.39. The monoisotopic (exact) mass is 470 g/mol. The average molecular weight is 471 g/mol. The summed E-state index contributed by atoms with van der Waals surface area (Å²) in [5.74, 6) is -0.302. The molecule has 0 unspecified atom stereocenters. The van der Waals surface area contributed by atoms with Gasteiger partial charge in [-0.2, -0.15) is 0 Å². The molecule has 1 aliphatic heterocycles. The standard InChI is InChI=1S/C24H23FN2O5S/c1-2-17-3-7-19(8-4-17)26-24(28)16-27(20-9-5-18(25)6-10-20)33(29,30)21-11-12-22-23(15-21)32-14-13-31-22/h3-12,15H,2,13-14,16H2,1H3,(H,26,28). The first-order chi connectivity index (χ1) is 15.9. The molecular formula is C24H23FN2O5S. The van der Waals surface area contributed by atoms with Crippen molar-refractivity contribution in [1.29, 1.82) is 0 Å². The fourth-order valence-corrected chi connectivity index (χ4v) is 4.83. The molecule has 1 N–H and O–H groups in total. The largest absolute Gasteiger partial charge is 0.486 e. The van der Waals surface area contributed by atoms with Gasteiger partial charge in [-0.3, -0.25) is 9.10 Å². The number of sulfonamides is 1. The number of nitrogens with one attached hydrogen (secondary N) is 1. The van der Waals surface area contributed by atoms with E-state index in [1.54, 1.807) is 12.1 Å². The number of fused-ring (bicyclic) bond motifs is 1. The first-order valence-electron chi connectivity index (χ1n) is 10.4. The Morgan fingerprint density at radius 2 is 1.64 bits per heavy atom. The summed E-state index contributed by atoms with van der Waals surface area (Å²) >= 11 is 0. The molecular weight excluding hydrogens is 447 g/mol. The summed E-state index contributed by atoms with van der Waals surface area (Å²) in [6.45, 7) is 2.20. The second-order valence-corrected chi connectivity index (χ2v) is 9.25. The van der Waals surface area contributed by atoms with Crippen molar-refractivity contribution in [3.8, 4) is 11.5 Å². The molecule has 0 saturated carbocycles. The molecule has 7 nitrogen and oxygen atoms in total. The van der Waals surface area contributed by atoms with Crippen LogP contribution in [0.3, 0.4) is 0 Å². The Bertz CT molecular complexity index is 1240. The number of nitrogens with zero attached hydrogens (tertiary/aromatic N) is 1. The summed E-state index contributed by atoms with van der Waals surface area (Å²) in [6, 6.07) is 16.5. The molecule has 0 spiro atoms. The number of rotatable bonds is 7. The minimum atomic E-state index is -4.18. The minimum absolute atomic E-state index is 0.0730. The molecule has 0 aromatic heterocycles. The Hall–Kier alpha value is -3.59. The zero-order chi connectivity index (χ0) is 23.4. The number of anilines is 2. The highest BCUT2D eigenvalue weighted by Crippen LogP contribution is 2.34. The Kier molecular flexibility index (Phi) is 6.50. The number of carbonyl (C=O) groups excluding carboxylic acids is 1. The summed E-state index contributed by atoms with van der Waals surface area (Å²) in [5, 5.41) is 2.71. The van der Waals surface area contributed by atoms with Gasteiger partial charge in [-0.15, -0.1) is 0 Å². The third-order valence-electron chi connectivity index (χ3n) is 5.15. The van der Waals surface area contributed by atoms with E-state index in [1.165, 1.54) is 30.3 Å². The van der Waals surface area contributed by atoms with E-state index in [2.05, 4.69) is 5.32 Å². The van der Waals surface area contributed by atoms with Crippen LogP contribution in [0.1, 0.15) is 12.5 Å². The van der Waals surface area contributed by atoms with Crippen LogP contribution in [0.5, 0.6) is 11.5 Å². The molecule has 3 aromatic rings. The Morgan fingerprint density at radius 1 is 0.970 bits per heavy atom. The van der Waals surface area contributed by atoms with Gasteiger partial charge in [-0.1, -0.05) is 19.1 Å². The van der Waals surface area contributed by atoms with Crippen LogP contribution < -0.4 is 19.1 Å². The summed E-state index contributed by atoms with van der Waals surface area (Å²) in [5.41, 5.74) is 1.82. The van der Waals surface area contributed by atoms with E-state index < -0.39 is 28.3 Å². The van der Waals surface area contributed by atoms with Crippen LogP contribution in [0.4, 0.5) is 15.8 Å². The Morgan fingerprint density at radius 3 is 2.30 bits per heavy atom. The number of halogens is 1. The van der Waals surface area contributed by atoms with E-state index in [-0.39, 0.29) is 10.6 Å². The van der Waals surface area contributed by atoms with Crippen molar-refractivity contribution in [3.63, 3.8) is 0 Å². The fourth-order valence-electron chi connectivity index (χ4n) is 3.39. The predicted molar refractivity (Wildman–Crippen MR) is 123 cm³/mol. The molecule has 0 atom stereocenters. The summed E-state index contributed by atoms with van der Waals surface area (Å²) in [4.78, 5) is 12.7. The molecule has 0 saturated heterocycles. The van der Waals surface area contributed by atoms with Gasteiger partial charge in [0.05, 0.1) is 10.6 Å². The van der Waals surface area contributed by atoms with E-state index in [4.69, 9.17) is 9.47 Å². The molecule has 172 valence electrons. The highest BCUT2D eigenvalue weighted by molar-refractivity contribution is 7.92. The van der Waals surface area contributed by atoms with Crippen LogP contribution >= 0.6 is 0 Å². The van der Waals surface area contributed by atoms with Gasteiger partial charge in [0.2, 0.25) is 5.91 Å². The first-order valence-corrected chi connectivity index (χ1v) is 11.9. The van der Waals surface area contributed by atoms with Crippen molar-refractivity contribution >= 4 is 27.3 Å². The normalized spacial score (nSPS) is 12.8.